The Kier molecular flexibility index (Phi) is 3.36. The van der Waals surface area contributed by atoms with E-state index in [4.69, 9.17) is 0 Å². The zero-order valence-corrected chi connectivity index (χ0v) is 10.8. The van der Waals surface area contributed by atoms with Gasteiger partial charge in [0.1, 0.15) is 5.82 Å². The number of allylic oxidation sites excluding steroid dienone is 2. The predicted molar refractivity (Wildman–Crippen MR) is 72.0 cm³/mol. The van der Waals surface area contributed by atoms with E-state index in [0.29, 0.717) is 18.4 Å². The molecule has 0 radical (unpaired) electrons. The molecule has 1 saturated carbocycles. The Hall–Kier alpha value is -1.64. The Morgan fingerprint density at radius 1 is 1.21 bits per heavy atom. The minimum Gasteiger partial charge on any atom is -0.356 e. The number of rotatable bonds is 4. The molecule has 100 valence electrons. The van der Waals surface area contributed by atoms with Crippen LogP contribution in [0, 0.1) is 23.6 Å². The summed E-state index contributed by atoms with van der Waals surface area (Å²) in [7, 11) is 0. The van der Waals surface area contributed by atoms with Gasteiger partial charge in [-0.1, -0.05) is 24.3 Å². The van der Waals surface area contributed by atoms with Gasteiger partial charge in [0.15, 0.2) is 0 Å². The van der Waals surface area contributed by atoms with Crippen LogP contribution >= 0.6 is 0 Å². The second-order valence-electron chi connectivity index (χ2n) is 5.55. The highest BCUT2D eigenvalue weighted by molar-refractivity contribution is 5.79. The van der Waals surface area contributed by atoms with E-state index >= 15 is 0 Å². The van der Waals surface area contributed by atoms with Crippen LogP contribution in [0.1, 0.15) is 18.4 Å². The van der Waals surface area contributed by atoms with E-state index in [1.807, 2.05) is 0 Å². The zero-order chi connectivity index (χ0) is 13.2. The summed E-state index contributed by atoms with van der Waals surface area (Å²) < 4.78 is 12.8. The lowest BCUT2D eigenvalue weighted by atomic mass is 9.93. The molecule has 1 aromatic rings. The summed E-state index contributed by atoms with van der Waals surface area (Å²) in [5.41, 5.74) is 1.05. The zero-order valence-electron chi connectivity index (χ0n) is 10.8. The Labute approximate surface area is 112 Å². The van der Waals surface area contributed by atoms with Crippen molar-refractivity contribution in [2.45, 2.75) is 19.3 Å². The van der Waals surface area contributed by atoms with Crippen LogP contribution in [0.5, 0.6) is 0 Å². The van der Waals surface area contributed by atoms with Crippen molar-refractivity contribution < 1.29 is 9.18 Å². The lowest BCUT2D eigenvalue weighted by Crippen LogP contribution is -2.34. The van der Waals surface area contributed by atoms with Crippen LogP contribution in [-0.4, -0.2) is 12.5 Å². The molecule has 0 spiro atoms. The van der Waals surface area contributed by atoms with Gasteiger partial charge >= 0.3 is 0 Å². The first kappa shape index (κ1) is 12.4. The number of fused-ring (bicyclic) bond motifs is 2. The van der Waals surface area contributed by atoms with Gasteiger partial charge in [-0.2, -0.15) is 0 Å². The third-order valence-electron chi connectivity index (χ3n) is 4.24. The molecule has 1 aromatic carbocycles. The van der Waals surface area contributed by atoms with E-state index in [1.165, 1.54) is 12.1 Å². The fourth-order valence-corrected chi connectivity index (χ4v) is 3.19. The van der Waals surface area contributed by atoms with Gasteiger partial charge in [-0.05, 0) is 48.8 Å². The summed E-state index contributed by atoms with van der Waals surface area (Å²) in [4.78, 5) is 12.1. The molecule has 3 heteroatoms. The second-order valence-corrected chi connectivity index (χ2v) is 5.55. The quantitative estimate of drug-likeness (QED) is 0.828. The van der Waals surface area contributed by atoms with Crippen molar-refractivity contribution >= 4 is 5.91 Å². The van der Waals surface area contributed by atoms with E-state index in [1.54, 1.807) is 12.1 Å². The third-order valence-corrected chi connectivity index (χ3v) is 4.24. The number of halogens is 1. The van der Waals surface area contributed by atoms with Gasteiger partial charge in [0, 0.05) is 12.5 Å². The SMILES string of the molecule is O=C(NCCc1ccc(F)cc1)C1CC2C=CC1C2. The van der Waals surface area contributed by atoms with E-state index < -0.39 is 0 Å². The summed E-state index contributed by atoms with van der Waals surface area (Å²) in [6.45, 7) is 0.627. The van der Waals surface area contributed by atoms with E-state index in [9.17, 15) is 9.18 Å². The Morgan fingerprint density at radius 2 is 2.00 bits per heavy atom. The van der Waals surface area contributed by atoms with Crippen LogP contribution in [-0.2, 0) is 11.2 Å². The van der Waals surface area contributed by atoms with Gasteiger partial charge in [0.25, 0.3) is 0 Å². The van der Waals surface area contributed by atoms with Crippen molar-refractivity contribution in [2.24, 2.45) is 17.8 Å². The summed E-state index contributed by atoms with van der Waals surface area (Å²) >= 11 is 0. The second kappa shape index (κ2) is 5.16. The van der Waals surface area contributed by atoms with Gasteiger partial charge in [0.05, 0.1) is 0 Å². The molecule has 2 bridgehead atoms. The lowest BCUT2D eigenvalue weighted by molar-refractivity contribution is -0.125. The molecule has 1 fully saturated rings. The van der Waals surface area contributed by atoms with E-state index in [-0.39, 0.29) is 17.6 Å². The number of hydrogen-bond acceptors (Lipinski definition) is 1. The maximum absolute atomic E-state index is 12.8. The molecule has 2 aliphatic rings. The van der Waals surface area contributed by atoms with Crippen LogP contribution in [0.15, 0.2) is 36.4 Å². The van der Waals surface area contributed by atoms with Crippen molar-refractivity contribution in [2.75, 3.05) is 6.54 Å². The molecule has 1 amide bonds. The van der Waals surface area contributed by atoms with Crippen LogP contribution in [0.4, 0.5) is 4.39 Å². The molecule has 1 N–H and O–H groups in total. The van der Waals surface area contributed by atoms with Crippen LogP contribution in [0.25, 0.3) is 0 Å². The number of carbonyl (C=O) groups is 1. The van der Waals surface area contributed by atoms with Crippen LogP contribution in [0.3, 0.4) is 0 Å². The molecule has 3 rings (SSSR count). The normalized spacial score (nSPS) is 27.7. The summed E-state index contributed by atoms with van der Waals surface area (Å²) in [6.07, 6.45) is 7.34. The Bertz CT molecular complexity index is 494. The predicted octanol–water partition coefficient (Wildman–Crippen LogP) is 2.70. The Balaban J connectivity index is 1.46. The number of hydrogen-bond donors (Lipinski definition) is 1. The van der Waals surface area contributed by atoms with Crippen LogP contribution < -0.4 is 5.32 Å². The van der Waals surface area contributed by atoms with Gasteiger partial charge in [-0.3, -0.25) is 4.79 Å². The topological polar surface area (TPSA) is 29.1 Å². The maximum atomic E-state index is 12.8. The number of benzene rings is 1. The molecule has 2 aliphatic carbocycles. The highest BCUT2D eigenvalue weighted by Crippen LogP contribution is 2.43. The molecular weight excluding hydrogens is 241 g/mol. The lowest BCUT2D eigenvalue weighted by Gasteiger charge is -2.17. The van der Waals surface area contributed by atoms with E-state index in [2.05, 4.69) is 17.5 Å². The number of amides is 1. The molecule has 19 heavy (non-hydrogen) atoms. The average molecular weight is 259 g/mol. The summed E-state index contributed by atoms with van der Waals surface area (Å²) in [5, 5.41) is 3.01. The van der Waals surface area contributed by atoms with Crippen LogP contribution in [0.2, 0.25) is 0 Å². The standard InChI is InChI=1S/C16H18FNO/c17-14-5-2-11(3-6-14)7-8-18-16(19)15-10-12-1-4-13(15)9-12/h1-6,12-13,15H,7-10H2,(H,18,19). The molecule has 0 heterocycles. The third kappa shape index (κ3) is 2.70. The molecule has 3 atom stereocenters. The minimum absolute atomic E-state index is 0.170. The van der Waals surface area contributed by atoms with Gasteiger partial charge in [0.2, 0.25) is 5.91 Å². The molecule has 0 aliphatic heterocycles. The van der Waals surface area contributed by atoms with Crippen molar-refractivity contribution in [3.05, 3.63) is 47.8 Å². The summed E-state index contributed by atoms with van der Waals surface area (Å²) in [5.74, 6) is 1.21. The highest BCUT2D eigenvalue weighted by atomic mass is 19.1. The molecule has 3 unspecified atom stereocenters. The van der Waals surface area contributed by atoms with Gasteiger partial charge in [-0.25, -0.2) is 4.39 Å². The minimum atomic E-state index is -0.221. The van der Waals surface area contributed by atoms with Crippen molar-refractivity contribution in [3.8, 4) is 0 Å². The van der Waals surface area contributed by atoms with Crippen molar-refractivity contribution in [1.29, 1.82) is 0 Å². The first-order valence-electron chi connectivity index (χ1n) is 6.93. The number of carbonyl (C=O) groups excluding carboxylic acids is 1. The van der Waals surface area contributed by atoms with Gasteiger partial charge < -0.3 is 5.32 Å². The molecule has 2 nitrogen and oxygen atoms in total. The number of nitrogens with one attached hydrogen (secondary N) is 1. The maximum Gasteiger partial charge on any atom is 0.223 e. The largest absolute Gasteiger partial charge is 0.356 e. The average Bonchev–Trinajstić information content (AvgIpc) is 3.03. The molecule has 0 aromatic heterocycles. The van der Waals surface area contributed by atoms with Gasteiger partial charge in [-0.15, -0.1) is 0 Å². The first-order chi connectivity index (χ1) is 9.22. The highest BCUT2D eigenvalue weighted by Gasteiger charge is 2.39. The van der Waals surface area contributed by atoms with E-state index in [0.717, 1.165) is 24.8 Å². The van der Waals surface area contributed by atoms with Crippen molar-refractivity contribution in [3.63, 3.8) is 0 Å². The van der Waals surface area contributed by atoms with Crippen molar-refractivity contribution in [1.82, 2.24) is 5.32 Å². The fourth-order valence-electron chi connectivity index (χ4n) is 3.19. The Morgan fingerprint density at radius 3 is 2.63 bits per heavy atom. The smallest absolute Gasteiger partial charge is 0.223 e. The monoisotopic (exact) mass is 259 g/mol. The molecule has 0 saturated heterocycles. The summed E-state index contributed by atoms with van der Waals surface area (Å²) in [6, 6.07) is 6.44. The first-order valence-corrected chi connectivity index (χ1v) is 6.93. The molecular formula is C16H18FNO. The fraction of sp³-hybridized carbons (Fsp3) is 0.438.